The first-order chi connectivity index (χ1) is 30.3. The van der Waals surface area contributed by atoms with Crippen molar-refractivity contribution >= 4 is 594 Å². The molecule has 39 heteroatoms. The number of phosphoric acid groups is 1. The number of aryl methyl sites for hydroxylation is 1. The second-order valence-corrected chi connectivity index (χ2v) is 11.8. The number of nitrogens with zero attached hydrogens (tertiary/aromatic N) is 1. The average molecular weight is 1460 g/mol. The minimum atomic E-state index is -4.39. The Hall–Kier alpha value is 29.4. The second kappa shape index (κ2) is 98.6. The standard InChI is InChI=1S/C26H44N5O13P.CH3.20K.H/c1-4-10-17(28-25(36)37)21(29-26(38)42-5-2)23(34)27-12-9-7-6-8-11-16-14-31(24(35)30-22(16)33)20-13-18(19(15-32)43-20)44-45(39,40)41-3;;;;;;;;;;;;;;;;;;;;;;/h14,17-21,28,32H,4-13,15H2,1-3H3,(H,27,34)(H,29,38)(H,36,37)(H,39,40)(H,30,33,35);1H3;;;;;;;;;;;;;;;;;;;;;/q;-1;;;;;;;;;;;;;;;;;;;2*+1;-1/p-1/t17?,18-,19-,20-,21?;;;;;;;;;;;;;;;;;;;;;;/m0....................../s1. The van der Waals surface area contributed by atoms with Crippen LogP contribution in [0.4, 0.5) is 9.59 Å². The van der Waals surface area contributed by atoms with E-state index in [0.717, 1.165) is 11.7 Å². The second-order valence-electron chi connectivity index (χ2n) is 10.3. The summed E-state index contributed by atoms with van der Waals surface area (Å²) in [7, 11) is -3.40. The molecule has 0 spiro atoms. The van der Waals surface area contributed by atoms with Gasteiger partial charge in [0.25, 0.3) is 5.56 Å². The number of H-pyrrole nitrogens is 1. The SMILES string of the molecule is CCCC(NC(=O)[O-])C(NC(=O)OCC)C(=O)NCCCCCCc1cn([C@@H]2C[C@H](OP(=O)(O)OC)[C@H](CO)O2)c(=O)[nH]c1=O.[CH3-].[H-].[K+].[K+].[K][K].[K][K].[K][K].[K][K].[K][K].[K][K].[K][K].[K][K].[K][K]. The molecule has 18 nitrogen and oxygen atoms in total. The topological polar surface area (TPSA) is 260 Å². The summed E-state index contributed by atoms with van der Waals surface area (Å²) in [6.45, 7) is 3.15. The van der Waals surface area contributed by atoms with Crippen molar-refractivity contribution in [3.63, 3.8) is 0 Å². The predicted octanol–water partition coefficient (Wildman–Crippen LogP) is -12.9. The number of aromatic amines is 1. The number of carboxylic acid groups (broad SMARTS) is 1. The molecule has 0 radical (unpaired) electrons. The number of rotatable bonds is 19. The Balaban J connectivity index is -0.000000123. The fraction of sp³-hybridized carbons (Fsp3) is 0.704. The number of ether oxygens (including phenoxy) is 2. The van der Waals surface area contributed by atoms with Gasteiger partial charge in [-0.1, -0.05) is 26.2 Å². The fourth-order valence-electron chi connectivity index (χ4n) is 4.83. The maximum atomic E-state index is 12.8. The van der Waals surface area contributed by atoms with E-state index in [1.165, 1.54) is 575 Å². The van der Waals surface area contributed by atoms with Gasteiger partial charge in [-0.25, -0.2) is 14.2 Å². The minimum absolute atomic E-state index is 0. The zero-order valence-corrected chi connectivity index (χ0v) is 110. The van der Waals surface area contributed by atoms with Crippen LogP contribution in [0.1, 0.15) is 72.0 Å². The molecule has 0 aromatic carbocycles. The molecule has 0 aliphatic carbocycles. The molecule has 2 heterocycles. The summed E-state index contributed by atoms with van der Waals surface area (Å²) in [5.74, 6) is -0.585. The molecule has 284 valence electrons. The molecule has 6 N–H and O–H groups in total. The number of carbonyl (C=O) groups excluding carboxylic acids is 3. The molecule has 66 heavy (non-hydrogen) atoms. The number of phosphoric ester groups is 1. The molecule has 1 aromatic rings. The number of alkyl carbamates (subject to hydrolysis) is 1. The van der Waals surface area contributed by atoms with Crippen LogP contribution in [-0.2, 0) is 34.3 Å². The summed E-state index contributed by atoms with van der Waals surface area (Å²) in [6.07, 6.45) is -0.616. The third-order valence-electron chi connectivity index (χ3n) is 7.02. The van der Waals surface area contributed by atoms with Crippen LogP contribution in [0, 0.1) is 7.43 Å². The van der Waals surface area contributed by atoms with Gasteiger partial charge in [-0.15, -0.1) is 0 Å². The third-order valence-corrected chi connectivity index (χ3v) is 8.02. The van der Waals surface area contributed by atoms with Crippen LogP contribution in [0.15, 0.2) is 15.8 Å². The van der Waals surface area contributed by atoms with Crippen LogP contribution in [-0.4, -0.2) is 657 Å². The van der Waals surface area contributed by atoms with Crippen molar-refractivity contribution in [3.8, 4) is 0 Å². The number of hydrogen-bond acceptors (Lipinski definition) is 12. The molecule has 2 rings (SSSR count). The molecule has 0 bridgehead atoms. The first-order valence-corrected chi connectivity index (χ1v) is 169. The Kier molecular flexibility index (Phi) is 178. The van der Waals surface area contributed by atoms with Crippen molar-refractivity contribution in [2.24, 2.45) is 0 Å². The number of aliphatic hydroxyl groups excluding tert-OH is 1. The van der Waals surface area contributed by atoms with Gasteiger partial charge >= 0.3 is 691 Å². The van der Waals surface area contributed by atoms with Crippen molar-refractivity contribution < 1.29 is 157 Å². The molecule has 1 aliphatic heterocycles. The van der Waals surface area contributed by atoms with Gasteiger partial charge in [0.05, 0.1) is 19.3 Å². The van der Waals surface area contributed by atoms with Gasteiger partial charge in [0.2, 0.25) is 5.91 Å². The quantitative estimate of drug-likeness (QED) is 0.0326. The molecular formula is C27H47K20N5O13P-. The van der Waals surface area contributed by atoms with Crippen molar-refractivity contribution in [2.45, 2.75) is 95.7 Å². The Morgan fingerprint density at radius 3 is 1.80 bits per heavy atom. The third kappa shape index (κ3) is 74.6. The van der Waals surface area contributed by atoms with Gasteiger partial charge in [-0.2, -0.15) is 0 Å². The summed E-state index contributed by atoms with van der Waals surface area (Å²) in [5.41, 5.74) is -1.02. The predicted molar refractivity (Wildman–Crippen MR) is 266 cm³/mol. The van der Waals surface area contributed by atoms with E-state index in [1.807, 2.05) is 0 Å². The summed E-state index contributed by atoms with van der Waals surface area (Å²) < 4.78 is 32.9. The van der Waals surface area contributed by atoms with Gasteiger partial charge in [0.1, 0.15) is 30.6 Å². The molecule has 1 aliphatic rings. The zero-order chi connectivity index (χ0) is 51.6. The van der Waals surface area contributed by atoms with E-state index in [-0.39, 0.29) is 138 Å². The van der Waals surface area contributed by atoms with Gasteiger partial charge in [-0.05, 0) is 32.6 Å². The number of aromatic nitrogens is 2. The molecule has 3 amide bonds. The summed E-state index contributed by atoms with van der Waals surface area (Å²) in [5, 5.41) is 28.0. The maximum absolute atomic E-state index is 12.8. The summed E-state index contributed by atoms with van der Waals surface area (Å²) in [4.78, 5) is 72.7. The van der Waals surface area contributed by atoms with Gasteiger partial charge in [0.15, 0.2) is 0 Å². The van der Waals surface area contributed by atoms with Gasteiger partial charge in [-0.3, -0.25) is 28.2 Å². The van der Waals surface area contributed by atoms with E-state index in [2.05, 4.69) is 25.5 Å². The van der Waals surface area contributed by atoms with Crippen LogP contribution in [0.25, 0.3) is 0 Å². The summed E-state index contributed by atoms with van der Waals surface area (Å²) in [6, 6.07) is -2.13. The van der Waals surface area contributed by atoms with Crippen molar-refractivity contribution in [2.75, 3.05) is 26.9 Å². The van der Waals surface area contributed by atoms with Crippen LogP contribution in [0.2, 0.25) is 0 Å². The number of amides is 3. The van der Waals surface area contributed by atoms with Crippen LogP contribution in [0.3, 0.4) is 0 Å². The number of unbranched alkanes of at least 4 members (excludes halogenated alkanes) is 3. The van der Waals surface area contributed by atoms with E-state index in [9.17, 15) is 43.6 Å². The molecule has 6 atom stereocenters. The van der Waals surface area contributed by atoms with E-state index in [0.29, 0.717) is 44.1 Å². The van der Waals surface area contributed by atoms with Crippen LogP contribution < -0.4 is 135 Å². The van der Waals surface area contributed by atoms with Gasteiger partial charge in [0, 0.05) is 31.8 Å². The number of carbonyl (C=O) groups is 3. The molecular weight excluding hydrogens is 1420 g/mol. The van der Waals surface area contributed by atoms with Crippen LogP contribution in [0.5, 0.6) is 0 Å². The Labute approximate surface area is 890 Å². The van der Waals surface area contributed by atoms with E-state index >= 15 is 0 Å². The molecule has 3 unspecified atom stereocenters. The molecule has 1 fully saturated rings. The van der Waals surface area contributed by atoms with Crippen LogP contribution >= 0.6 is 7.82 Å². The summed E-state index contributed by atoms with van der Waals surface area (Å²) >= 11 is 22.5. The van der Waals surface area contributed by atoms with E-state index < -0.39 is 74.3 Å². The van der Waals surface area contributed by atoms with Crippen molar-refractivity contribution in [1.29, 1.82) is 0 Å². The number of nitrogens with one attached hydrogen (secondary N) is 4. The van der Waals surface area contributed by atoms with Crippen molar-refractivity contribution in [3.05, 3.63) is 40.0 Å². The molecule has 0 saturated carbocycles. The number of aliphatic hydroxyl groups is 1. The fourth-order valence-corrected chi connectivity index (χ4v) is 5.48. The monoisotopic (exact) mass is 1460 g/mol. The van der Waals surface area contributed by atoms with Gasteiger partial charge < -0.3 is 54.2 Å². The number of hydrogen-bond donors (Lipinski definition) is 6. The molecule has 1 aromatic heterocycles. The first kappa shape index (κ1) is 119. The normalized spacial score (nSPS) is 15.1. The first-order valence-electron chi connectivity index (χ1n) is 23.7. The Morgan fingerprint density at radius 2 is 1.38 bits per heavy atom. The molecule has 1 saturated heterocycles. The van der Waals surface area contributed by atoms with E-state index in [1.54, 1.807) is 13.8 Å². The zero-order valence-electron chi connectivity index (χ0n) is 47.5. The Morgan fingerprint density at radius 1 is 0.894 bits per heavy atom. The average Bonchev–Trinajstić information content (AvgIpc) is 3.73. The Bertz CT molecular complexity index is 1360. The van der Waals surface area contributed by atoms with Crippen molar-refractivity contribution in [1.82, 2.24) is 25.5 Å². The van der Waals surface area contributed by atoms with E-state index in [4.69, 9.17) is 14.0 Å².